The minimum absolute atomic E-state index is 0.0162. The predicted molar refractivity (Wildman–Crippen MR) is 60.5 cm³/mol. The van der Waals surface area contributed by atoms with Gasteiger partial charge in [-0.05, 0) is 35.3 Å². The highest BCUT2D eigenvalue weighted by atomic mass is 79.9. The zero-order valence-corrected chi connectivity index (χ0v) is 10.3. The molecule has 0 aliphatic carbocycles. The van der Waals surface area contributed by atoms with Crippen LogP contribution in [0.2, 0.25) is 0 Å². The van der Waals surface area contributed by atoms with Crippen molar-refractivity contribution >= 4 is 21.8 Å². The summed E-state index contributed by atoms with van der Waals surface area (Å²) in [5.74, 6) is 0.334. The summed E-state index contributed by atoms with van der Waals surface area (Å²) < 4.78 is 5.91. The smallest absolute Gasteiger partial charge is 0.224 e. The standard InChI is InChI=1S/C9H12BrN3O2/c1-4-6(8(11)13-14)9(15-3)12-5(2)7(4)10/h14H,1-3H3,(H2,11,13). The van der Waals surface area contributed by atoms with Crippen LogP contribution in [0.25, 0.3) is 0 Å². The molecule has 1 aromatic heterocycles. The van der Waals surface area contributed by atoms with Crippen molar-refractivity contribution in [2.45, 2.75) is 13.8 Å². The monoisotopic (exact) mass is 273 g/mol. The van der Waals surface area contributed by atoms with Gasteiger partial charge in [0.15, 0.2) is 5.84 Å². The third kappa shape index (κ3) is 2.04. The van der Waals surface area contributed by atoms with E-state index in [1.165, 1.54) is 7.11 Å². The molecule has 0 aromatic carbocycles. The maximum Gasteiger partial charge on any atom is 0.224 e. The van der Waals surface area contributed by atoms with E-state index in [1.807, 2.05) is 13.8 Å². The number of nitrogens with zero attached hydrogens (tertiary/aromatic N) is 2. The fourth-order valence-electron chi connectivity index (χ4n) is 1.30. The number of pyridine rings is 1. The molecule has 0 unspecified atom stereocenters. The Labute approximate surface area is 96.1 Å². The van der Waals surface area contributed by atoms with E-state index in [0.29, 0.717) is 11.4 Å². The Balaban J connectivity index is 3.54. The van der Waals surface area contributed by atoms with E-state index in [-0.39, 0.29) is 5.84 Å². The summed E-state index contributed by atoms with van der Waals surface area (Å²) in [5, 5.41) is 11.6. The number of ether oxygens (including phenoxy) is 1. The number of oxime groups is 1. The maximum atomic E-state index is 8.66. The summed E-state index contributed by atoms with van der Waals surface area (Å²) >= 11 is 3.38. The van der Waals surface area contributed by atoms with Gasteiger partial charge in [-0.2, -0.15) is 0 Å². The van der Waals surface area contributed by atoms with Crippen molar-refractivity contribution in [2.24, 2.45) is 10.9 Å². The summed E-state index contributed by atoms with van der Waals surface area (Å²) in [5.41, 5.74) is 7.67. The molecule has 0 aliphatic rings. The third-order valence-corrected chi connectivity index (χ3v) is 3.23. The van der Waals surface area contributed by atoms with Crippen molar-refractivity contribution in [2.75, 3.05) is 7.11 Å². The second-order valence-electron chi connectivity index (χ2n) is 3.01. The van der Waals surface area contributed by atoms with Gasteiger partial charge in [0.1, 0.15) is 0 Å². The Kier molecular flexibility index (Phi) is 3.52. The van der Waals surface area contributed by atoms with Crippen LogP contribution < -0.4 is 10.5 Å². The lowest BCUT2D eigenvalue weighted by atomic mass is 10.1. The number of hydrogen-bond donors (Lipinski definition) is 2. The lowest BCUT2D eigenvalue weighted by Gasteiger charge is -2.12. The van der Waals surface area contributed by atoms with Crippen LogP contribution >= 0.6 is 15.9 Å². The van der Waals surface area contributed by atoms with Gasteiger partial charge >= 0.3 is 0 Å². The van der Waals surface area contributed by atoms with Gasteiger partial charge in [0.2, 0.25) is 5.88 Å². The first-order chi connectivity index (χ1) is 7.02. The van der Waals surface area contributed by atoms with Crippen molar-refractivity contribution in [1.29, 1.82) is 0 Å². The number of methoxy groups -OCH3 is 1. The summed E-state index contributed by atoms with van der Waals surface area (Å²) in [6, 6.07) is 0. The molecule has 0 bridgehead atoms. The molecule has 1 rings (SSSR count). The quantitative estimate of drug-likeness (QED) is 0.371. The van der Waals surface area contributed by atoms with Crippen molar-refractivity contribution < 1.29 is 9.94 Å². The van der Waals surface area contributed by atoms with Gasteiger partial charge in [0.05, 0.1) is 18.4 Å². The Morgan fingerprint density at radius 2 is 2.13 bits per heavy atom. The highest BCUT2D eigenvalue weighted by molar-refractivity contribution is 9.10. The molecular formula is C9H12BrN3O2. The molecule has 5 nitrogen and oxygen atoms in total. The fraction of sp³-hybridized carbons (Fsp3) is 0.333. The lowest BCUT2D eigenvalue weighted by molar-refractivity contribution is 0.318. The van der Waals surface area contributed by atoms with E-state index in [1.54, 1.807) is 0 Å². The Bertz CT molecular complexity index is 418. The lowest BCUT2D eigenvalue weighted by Crippen LogP contribution is -2.17. The number of aromatic nitrogens is 1. The van der Waals surface area contributed by atoms with E-state index < -0.39 is 0 Å². The number of aryl methyl sites for hydroxylation is 1. The first-order valence-corrected chi connectivity index (χ1v) is 5.00. The molecule has 1 heterocycles. The molecular weight excluding hydrogens is 262 g/mol. The molecule has 1 aromatic rings. The van der Waals surface area contributed by atoms with Crippen molar-refractivity contribution in [3.8, 4) is 5.88 Å². The van der Waals surface area contributed by atoms with Crippen molar-refractivity contribution in [3.05, 3.63) is 21.3 Å². The summed E-state index contributed by atoms with van der Waals surface area (Å²) in [7, 11) is 1.49. The van der Waals surface area contributed by atoms with Gasteiger partial charge in [0.25, 0.3) is 0 Å². The van der Waals surface area contributed by atoms with E-state index >= 15 is 0 Å². The van der Waals surface area contributed by atoms with Crippen LogP contribution in [-0.4, -0.2) is 23.1 Å². The molecule has 0 atom stereocenters. The highest BCUT2D eigenvalue weighted by Crippen LogP contribution is 2.28. The Morgan fingerprint density at radius 1 is 1.53 bits per heavy atom. The SMILES string of the molecule is COc1nc(C)c(Br)c(C)c1C(N)=NO. The average molecular weight is 274 g/mol. The number of amidine groups is 1. The van der Waals surface area contributed by atoms with Gasteiger partial charge < -0.3 is 15.7 Å². The first kappa shape index (κ1) is 11.8. The van der Waals surface area contributed by atoms with Crippen LogP contribution in [-0.2, 0) is 0 Å². The molecule has 0 fully saturated rings. The van der Waals surface area contributed by atoms with Crippen LogP contribution in [0.15, 0.2) is 9.63 Å². The van der Waals surface area contributed by atoms with Gasteiger partial charge in [-0.1, -0.05) is 5.16 Å². The highest BCUT2D eigenvalue weighted by Gasteiger charge is 2.17. The summed E-state index contributed by atoms with van der Waals surface area (Å²) in [4.78, 5) is 4.18. The Hall–Kier alpha value is -1.30. The third-order valence-electron chi connectivity index (χ3n) is 2.06. The summed E-state index contributed by atoms with van der Waals surface area (Å²) in [6.45, 7) is 3.68. The van der Waals surface area contributed by atoms with E-state index in [4.69, 9.17) is 15.7 Å². The fourth-order valence-corrected chi connectivity index (χ4v) is 1.59. The first-order valence-electron chi connectivity index (χ1n) is 4.21. The van der Waals surface area contributed by atoms with Gasteiger partial charge in [0, 0.05) is 4.47 Å². The number of nitrogens with two attached hydrogens (primary N) is 1. The van der Waals surface area contributed by atoms with Gasteiger partial charge in [-0.15, -0.1) is 0 Å². The molecule has 0 saturated carbocycles. The zero-order chi connectivity index (χ0) is 11.6. The molecule has 0 amide bonds. The molecule has 6 heteroatoms. The van der Waals surface area contributed by atoms with E-state index in [9.17, 15) is 0 Å². The van der Waals surface area contributed by atoms with Crippen molar-refractivity contribution in [3.63, 3.8) is 0 Å². The second kappa shape index (κ2) is 4.48. The Morgan fingerprint density at radius 3 is 2.60 bits per heavy atom. The minimum Gasteiger partial charge on any atom is -0.480 e. The molecule has 0 saturated heterocycles. The molecule has 15 heavy (non-hydrogen) atoms. The van der Waals surface area contributed by atoms with Crippen LogP contribution in [0.1, 0.15) is 16.8 Å². The second-order valence-corrected chi connectivity index (χ2v) is 3.80. The van der Waals surface area contributed by atoms with Crippen LogP contribution in [0.3, 0.4) is 0 Å². The van der Waals surface area contributed by atoms with Crippen LogP contribution in [0, 0.1) is 13.8 Å². The molecule has 3 N–H and O–H groups in total. The van der Waals surface area contributed by atoms with Gasteiger partial charge in [-0.25, -0.2) is 4.98 Å². The van der Waals surface area contributed by atoms with E-state index in [2.05, 4.69) is 26.1 Å². The normalized spacial score (nSPS) is 11.6. The number of hydrogen-bond acceptors (Lipinski definition) is 4. The minimum atomic E-state index is -0.0162. The number of rotatable bonds is 2. The molecule has 0 spiro atoms. The van der Waals surface area contributed by atoms with Crippen molar-refractivity contribution in [1.82, 2.24) is 4.98 Å². The average Bonchev–Trinajstić information content (AvgIpc) is 2.24. The number of halogens is 1. The van der Waals surface area contributed by atoms with E-state index in [0.717, 1.165) is 15.7 Å². The van der Waals surface area contributed by atoms with Crippen LogP contribution in [0.5, 0.6) is 5.88 Å². The molecule has 82 valence electrons. The molecule has 0 radical (unpaired) electrons. The van der Waals surface area contributed by atoms with Gasteiger partial charge in [-0.3, -0.25) is 0 Å². The maximum absolute atomic E-state index is 8.66. The largest absolute Gasteiger partial charge is 0.480 e. The molecule has 0 aliphatic heterocycles. The predicted octanol–water partition coefficient (Wildman–Crippen LogP) is 1.56. The summed E-state index contributed by atoms with van der Waals surface area (Å²) in [6.07, 6.45) is 0. The topological polar surface area (TPSA) is 80.7 Å². The van der Waals surface area contributed by atoms with Crippen LogP contribution in [0.4, 0.5) is 0 Å². The zero-order valence-electron chi connectivity index (χ0n) is 8.71.